The third kappa shape index (κ3) is 1.49. The lowest BCUT2D eigenvalue weighted by molar-refractivity contribution is -0.495. The van der Waals surface area contributed by atoms with Crippen LogP contribution in [0, 0.1) is 10.1 Å². The summed E-state index contributed by atoms with van der Waals surface area (Å²) in [5, 5.41) is 10.2. The van der Waals surface area contributed by atoms with Crippen molar-refractivity contribution in [2.24, 2.45) is 4.99 Å². The maximum atomic E-state index is 10.7. The minimum absolute atomic E-state index is 0.645. The Morgan fingerprint density at radius 2 is 2.36 bits per heavy atom. The van der Waals surface area contributed by atoms with E-state index in [4.69, 9.17) is 0 Å². The van der Waals surface area contributed by atoms with Gasteiger partial charge in [-0.1, -0.05) is 0 Å². The summed E-state index contributed by atoms with van der Waals surface area (Å²) in [5.74, 6) is -0.708. The van der Waals surface area contributed by atoms with Crippen LogP contribution >= 0.6 is 0 Å². The van der Waals surface area contributed by atoms with Crippen LogP contribution in [0.5, 0.6) is 0 Å². The number of nitrogens with zero attached hydrogens (tertiary/aromatic N) is 2. The third-order valence-corrected chi connectivity index (χ3v) is 1.30. The molecule has 1 heterocycles. The molecule has 0 aromatic carbocycles. The van der Waals surface area contributed by atoms with Gasteiger partial charge in [0.25, 0.3) is 0 Å². The van der Waals surface area contributed by atoms with Gasteiger partial charge in [0.15, 0.2) is 0 Å². The minimum atomic E-state index is -1.28. The van der Waals surface area contributed by atoms with Crippen molar-refractivity contribution < 1.29 is 9.72 Å². The topological polar surface area (TPSA) is 72.6 Å². The van der Waals surface area contributed by atoms with Gasteiger partial charge < -0.3 is 0 Å². The van der Waals surface area contributed by atoms with Crippen molar-refractivity contribution in [1.29, 1.82) is 0 Å². The van der Waals surface area contributed by atoms with E-state index in [1.54, 1.807) is 6.92 Å². The molecule has 1 atom stereocenters. The Bertz CT molecular complexity index is 267. The number of carbonyl (C=O) groups excluding carboxylic acids is 1. The van der Waals surface area contributed by atoms with Gasteiger partial charge in [0.2, 0.25) is 0 Å². The van der Waals surface area contributed by atoms with Crippen LogP contribution < -0.4 is 0 Å². The molecule has 1 unspecified atom stereocenters. The second-order valence-corrected chi connectivity index (χ2v) is 2.24. The molecular formula is C6H6N2O3. The summed E-state index contributed by atoms with van der Waals surface area (Å²) in [6.45, 7) is 1.66. The van der Waals surface area contributed by atoms with Crippen molar-refractivity contribution in [2.45, 2.75) is 13.0 Å². The molecule has 0 bridgehead atoms. The Morgan fingerprint density at radius 3 is 2.82 bits per heavy atom. The van der Waals surface area contributed by atoms with E-state index in [0.717, 1.165) is 0 Å². The molecule has 0 aliphatic carbocycles. The molecule has 1 rings (SSSR count). The highest BCUT2D eigenvalue weighted by Gasteiger charge is 2.28. The Hall–Kier alpha value is -1.52. The summed E-state index contributed by atoms with van der Waals surface area (Å²) < 4.78 is 0. The van der Waals surface area contributed by atoms with Crippen LogP contribution in [0.25, 0.3) is 0 Å². The van der Waals surface area contributed by atoms with Crippen molar-refractivity contribution in [2.75, 3.05) is 0 Å². The highest BCUT2D eigenvalue weighted by atomic mass is 16.6. The van der Waals surface area contributed by atoms with Crippen LogP contribution in [0.2, 0.25) is 0 Å². The molecule has 0 aromatic heterocycles. The molecule has 0 radical (unpaired) electrons. The molecule has 5 heteroatoms. The van der Waals surface area contributed by atoms with E-state index in [0.29, 0.717) is 5.57 Å². The van der Waals surface area contributed by atoms with Gasteiger partial charge >= 0.3 is 11.9 Å². The van der Waals surface area contributed by atoms with E-state index >= 15 is 0 Å². The van der Waals surface area contributed by atoms with Gasteiger partial charge in [0.05, 0.1) is 0 Å². The molecule has 1 amide bonds. The first-order valence-electron chi connectivity index (χ1n) is 3.01. The lowest BCUT2D eigenvalue weighted by atomic mass is 10.1. The quantitative estimate of drug-likeness (QED) is 0.399. The van der Waals surface area contributed by atoms with Crippen molar-refractivity contribution in [3.63, 3.8) is 0 Å². The van der Waals surface area contributed by atoms with E-state index in [2.05, 4.69) is 4.99 Å². The van der Waals surface area contributed by atoms with E-state index < -0.39 is 16.9 Å². The Balaban J connectivity index is 2.90. The molecule has 0 fully saturated rings. The van der Waals surface area contributed by atoms with Crippen LogP contribution in [0.4, 0.5) is 0 Å². The first-order valence-corrected chi connectivity index (χ1v) is 3.01. The van der Waals surface area contributed by atoms with Crippen LogP contribution in [-0.2, 0) is 4.79 Å². The summed E-state index contributed by atoms with van der Waals surface area (Å²) in [5.41, 5.74) is 0.645. The molecule has 58 valence electrons. The zero-order chi connectivity index (χ0) is 8.43. The number of allylic oxidation sites excluding steroid dienone is 1. The standard InChI is InChI=1S/C6H6N2O3/c1-4-2-5(8(10)11)6(9)7-3-4/h2-3,5H,1H3. The van der Waals surface area contributed by atoms with E-state index in [1.165, 1.54) is 12.3 Å². The van der Waals surface area contributed by atoms with Gasteiger partial charge in [-0.25, -0.2) is 4.99 Å². The molecule has 0 spiro atoms. The number of nitro groups is 1. The van der Waals surface area contributed by atoms with E-state index in [1.807, 2.05) is 0 Å². The highest BCUT2D eigenvalue weighted by molar-refractivity contribution is 5.97. The van der Waals surface area contributed by atoms with Crippen LogP contribution in [0.15, 0.2) is 16.6 Å². The second kappa shape index (κ2) is 2.61. The number of aliphatic imine (C=N–C) groups is 1. The number of carbonyl (C=O) groups is 1. The summed E-state index contributed by atoms with van der Waals surface area (Å²) >= 11 is 0. The Morgan fingerprint density at radius 1 is 1.73 bits per heavy atom. The smallest absolute Gasteiger partial charge is 0.264 e. The van der Waals surface area contributed by atoms with Crippen molar-refractivity contribution in [3.8, 4) is 0 Å². The van der Waals surface area contributed by atoms with Crippen molar-refractivity contribution >= 4 is 12.1 Å². The van der Waals surface area contributed by atoms with Crippen molar-refractivity contribution in [1.82, 2.24) is 0 Å². The molecule has 1 aliphatic rings. The molecule has 0 saturated carbocycles. The Kier molecular flexibility index (Phi) is 1.80. The molecule has 5 nitrogen and oxygen atoms in total. The fraction of sp³-hybridized carbons (Fsp3) is 0.333. The number of hydrogen-bond acceptors (Lipinski definition) is 3. The monoisotopic (exact) mass is 154 g/mol. The van der Waals surface area contributed by atoms with E-state index in [9.17, 15) is 14.9 Å². The lowest BCUT2D eigenvalue weighted by Gasteiger charge is -2.04. The number of dihydropyridines is 1. The lowest BCUT2D eigenvalue weighted by Crippen LogP contribution is -2.28. The van der Waals surface area contributed by atoms with Crippen LogP contribution in [0.1, 0.15) is 6.92 Å². The van der Waals surface area contributed by atoms with Crippen LogP contribution in [-0.4, -0.2) is 23.1 Å². The van der Waals surface area contributed by atoms with E-state index in [-0.39, 0.29) is 0 Å². The first-order chi connectivity index (χ1) is 5.11. The predicted octanol–water partition coefficient (Wildman–Crippen LogP) is 0.189. The minimum Gasteiger partial charge on any atom is -0.264 e. The van der Waals surface area contributed by atoms with Gasteiger partial charge in [-0.2, -0.15) is 0 Å². The molecule has 0 N–H and O–H groups in total. The van der Waals surface area contributed by atoms with Gasteiger partial charge in [-0.15, -0.1) is 0 Å². The summed E-state index contributed by atoms with van der Waals surface area (Å²) in [7, 11) is 0. The zero-order valence-electron chi connectivity index (χ0n) is 5.85. The Labute approximate surface area is 62.6 Å². The SMILES string of the molecule is CC1=CC([N+](=O)[O-])C(=O)N=C1. The fourth-order valence-corrected chi connectivity index (χ4v) is 0.756. The second-order valence-electron chi connectivity index (χ2n) is 2.24. The number of rotatable bonds is 1. The average Bonchev–Trinajstić information content (AvgIpc) is 1.94. The molecule has 11 heavy (non-hydrogen) atoms. The normalized spacial score (nSPS) is 23.2. The summed E-state index contributed by atoms with van der Waals surface area (Å²) in [6, 6.07) is -1.28. The van der Waals surface area contributed by atoms with Gasteiger partial charge in [0.1, 0.15) is 0 Å². The van der Waals surface area contributed by atoms with Crippen LogP contribution in [0.3, 0.4) is 0 Å². The largest absolute Gasteiger partial charge is 0.324 e. The molecular weight excluding hydrogens is 148 g/mol. The first kappa shape index (κ1) is 7.59. The fourth-order valence-electron chi connectivity index (χ4n) is 0.756. The molecule has 0 saturated heterocycles. The average molecular weight is 154 g/mol. The van der Waals surface area contributed by atoms with Gasteiger partial charge in [0, 0.05) is 17.2 Å². The highest BCUT2D eigenvalue weighted by Crippen LogP contribution is 2.05. The summed E-state index contributed by atoms with van der Waals surface area (Å²) in [4.78, 5) is 23.6. The predicted molar refractivity (Wildman–Crippen MR) is 38.0 cm³/mol. The van der Waals surface area contributed by atoms with Crippen molar-refractivity contribution in [3.05, 3.63) is 21.8 Å². The summed E-state index contributed by atoms with van der Waals surface area (Å²) in [6.07, 6.45) is 2.61. The maximum Gasteiger partial charge on any atom is 0.324 e. The van der Waals surface area contributed by atoms with Gasteiger partial charge in [-0.3, -0.25) is 14.9 Å². The molecule has 1 aliphatic heterocycles. The number of amides is 1. The zero-order valence-corrected chi connectivity index (χ0v) is 5.85. The maximum absolute atomic E-state index is 10.7. The van der Waals surface area contributed by atoms with Gasteiger partial charge in [-0.05, 0) is 12.5 Å². The molecule has 0 aromatic rings. The third-order valence-electron chi connectivity index (χ3n) is 1.30. The number of hydrogen-bond donors (Lipinski definition) is 0.